The molecule has 0 aliphatic carbocycles. The van der Waals surface area contributed by atoms with Crippen LogP contribution in [0.4, 0.5) is 11.4 Å². The molecule has 3 rings (SSSR count). The normalized spacial score (nSPS) is 10.9. The van der Waals surface area contributed by atoms with Gasteiger partial charge in [0.05, 0.1) is 41.7 Å². The van der Waals surface area contributed by atoms with E-state index in [1.807, 2.05) is 43.8 Å². The lowest BCUT2D eigenvalue weighted by Gasteiger charge is -2.10. The van der Waals surface area contributed by atoms with Gasteiger partial charge in [-0.25, -0.2) is 4.68 Å². The molecule has 0 aliphatic rings. The number of nitrogens with one attached hydrogen (secondary N) is 2. The zero-order valence-corrected chi connectivity index (χ0v) is 18.7. The van der Waals surface area contributed by atoms with Gasteiger partial charge in [0.25, 0.3) is 0 Å². The van der Waals surface area contributed by atoms with Crippen LogP contribution in [0, 0.1) is 13.8 Å². The van der Waals surface area contributed by atoms with Crippen LogP contribution < -0.4 is 10.6 Å². The Labute approximate surface area is 184 Å². The number of benzene rings is 1. The van der Waals surface area contributed by atoms with Gasteiger partial charge >= 0.3 is 0 Å². The molecule has 0 atom stereocenters. The highest BCUT2D eigenvalue weighted by Gasteiger charge is 2.14. The molecule has 0 radical (unpaired) electrons. The molecule has 1 aromatic carbocycles. The molecular formula is C19H22Cl2N6OS. The van der Waals surface area contributed by atoms with Gasteiger partial charge in [0.1, 0.15) is 6.73 Å². The number of ether oxygens (including phenoxy) is 1. The van der Waals surface area contributed by atoms with Crippen molar-refractivity contribution in [2.45, 2.75) is 34.0 Å². The van der Waals surface area contributed by atoms with Gasteiger partial charge in [0, 0.05) is 16.7 Å². The molecule has 0 aliphatic heterocycles. The predicted molar refractivity (Wildman–Crippen MR) is 121 cm³/mol. The third kappa shape index (κ3) is 5.48. The van der Waals surface area contributed by atoms with Crippen LogP contribution in [0.15, 0.2) is 30.6 Å². The summed E-state index contributed by atoms with van der Waals surface area (Å²) >= 11 is 17.7. The van der Waals surface area contributed by atoms with E-state index in [-0.39, 0.29) is 0 Å². The molecule has 0 fully saturated rings. The molecule has 0 amide bonds. The van der Waals surface area contributed by atoms with Gasteiger partial charge < -0.3 is 15.4 Å². The quantitative estimate of drug-likeness (QED) is 0.499. The Morgan fingerprint density at radius 2 is 2.03 bits per heavy atom. The van der Waals surface area contributed by atoms with Gasteiger partial charge in [-0.15, -0.1) is 0 Å². The number of halogens is 2. The summed E-state index contributed by atoms with van der Waals surface area (Å²) in [5, 5.41) is 16.8. The van der Waals surface area contributed by atoms with Crippen molar-refractivity contribution in [3.8, 4) is 0 Å². The van der Waals surface area contributed by atoms with E-state index >= 15 is 0 Å². The second kappa shape index (κ2) is 9.58. The molecule has 2 aromatic heterocycles. The number of nitrogens with zero attached hydrogens (tertiary/aromatic N) is 4. The minimum atomic E-state index is 0.399. The first kappa shape index (κ1) is 21.6. The Morgan fingerprint density at radius 3 is 2.76 bits per heavy atom. The minimum absolute atomic E-state index is 0.399. The van der Waals surface area contributed by atoms with Crippen molar-refractivity contribution >= 4 is 51.9 Å². The predicted octanol–water partition coefficient (Wildman–Crippen LogP) is 4.85. The Kier molecular flexibility index (Phi) is 7.13. The number of aromatic nitrogens is 4. The third-order valence-corrected chi connectivity index (χ3v) is 5.07. The fourth-order valence-corrected chi connectivity index (χ4v) is 3.49. The minimum Gasteiger partial charge on any atom is -0.360 e. The summed E-state index contributed by atoms with van der Waals surface area (Å²) < 4.78 is 8.91. The van der Waals surface area contributed by atoms with Crippen LogP contribution >= 0.6 is 35.4 Å². The molecule has 0 saturated carbocycles. The van der Waals surface area contributed by atoms with E-state index in [1.165, 1.54) is 0 Å². The molecule has 0 bridgehead atoms. The van der Waals surface area contributed by atoms with E-state index in [9.17, 15) is 0 Å². The van der Waals surface area contributed by atoms with Crippen LogP contribution in [0.5, 0.6) is 0 Å². The van der Waals surface area contributed by atoms with E-state index in [4.69, 9.17) is 40.2 Å². The third-order valence-electron chi connectivity index (χ3n) is 4.27. The molecule has 7 nitrogen and oxygen atoms in total. The summed E-state index contributed by atoms with van der Waals surface area (Å²) in [6.07, 6.45) is 3.52. The summed E-state index contributed by atoms with van der Waals surface area (Å²) in [4.78, 5) is 0. The molecule has 154 valence electrons. The van der Waals surface area contributed by atoms with Crippen LogP contribution in [0.3, 0.4) is 0 Å². The van der Waals surface area contributed by atoms with Gasteiger partial charge in [0.15, 0.2) is 5.11 Å². The molecule has 29 heavy (non-hydrogen) atoms. The van der Waals surface area contributed by atoms with Gasteiger partial charge in [-0.3, -0.25) is 4.68 Å². The van der Waals surface area contributed by atoms with E-state index in [2.05, 4.69) is 20.8 Å². The lowest BCUT2D eigenvalue weighted by atomic mass is 10.2. The standard InChI is InChI=1S/C19H22Cl2N6OS/c1-4-28-11-26-10-16(8-22-26)23-19(29)24-18-12(2)25-27(13(18)3)9-14-5-6-15(20)7-17(14)21/h5-8,10H,4,9,11H2,1-3H3,(H2,23,24,29). The Bertz CT molecular complexity index is 1020. The van der Waals surface area contributed by atoms with Crippen LogP contribution in [0.1, 0.15) is 23.9 Å². The molecular weight excluding hydrogens is 431 g/mol. The van der Waals surface area contributed by atoms with E-state index in [0.717, 1.165) is 28.3 Å². The highest BCUT2D eigenvalue weighted by atomic mass is 35.5. The van der Waals surface area contributed by atoms with Crippen LogP contribution in [-0.4, -0.2) is 31.3 Å². The number of hydrogen-bond donors (Lipinski definition) is 2. The molecule has 0 saturated heterocycles. The molecule has 10 heteroatoms. The molecule has 2 N–H and O–H groups in total. The number of rotatable bonds is 7. The average molecular weight is 453 g/mol. The zero-order chi connectivity index (χ0) is 21.0. The lowest BCUT2D eigenvalue weighted by Crippen LogP contribution is -2.19. The van der Waals surface area contributed by atoms with Crippen molar-refractivity contribution < 1.29 is 4.74 Å². The fourth-order valence-electron chi connectivity index (χ4n) is 2.80. The summed E-state index contributed by atoms with van der Waals surface area (Å²) in [7, 11) is 0. The molecule has 0 spiro atoms. The summed E-state index contributed by atoms with van der Waals surface area (Å²) in [6, 6.07) is 5.45. The second-order valence-electron chi connectivity index (χ2n) is 6.41. The number of thiocarbonyl (C=S) groups is 1. The van der Waals surface area contributed by atoms with E-state index in [0.29, 0.717) is 35.0 Å². The van der Waals surface area contributed by atoms with E-state index < -0.39 is 0 Å². The monoisotopic (exact) mass is 452 g/mol. The van der Waals surface area contributed by atoms with Crippen LogP contribution in [0.25, 0.3) is 0 Å². The van der Waals surface area contributed by atoms with Crippen molar-refractivity contribution in [1.82, 2.24) is 19.6 Å². The zero-order valence-electron chi connectivity index (χ0n) is 16.4. The molecule has 2 heterocycles. The van der Waals surface area contributed by atoms with Gasteiger partial charge in [-0.2, -0.15) is 10.2 Å². The maximum Gasteiger partial charge on any atom is 0.175 e. The van der Waals surface area contributed by atoms with E-state index in [1.54, 1.807) is 16.9 Å². The summed E-state index contributed by atoms with van der Waals surface area (Å²) in [6.45, 7) is 7.41. The Hall–Kier alpha value is -2.13. The van der Waals surface area contributed by atoms with Gasteiger partial charge in [-0.05, 0) is 50.7 Å². The lowest BCUT2D eigenvalue weighted by molar-refractivity contribution is 0.0792. The largest absolute Gasteiger partial charge is 0.360 e. The fraction of sp³-hybridized carbons (Fsp3) is 0.316. The number of hydrogen-bond acceptors (Lipinski definition) is 4. The Morgan fingerprint density at radius 1 is 1.24 bits per heavy atom. The average Bonchev–Trinajstić information content (AvgIpc) is 3.21. The number of anilines is 2. The van der Waals surface area contributed by atoms with Crippen molar-refractivity contribution in [2.24, 2.45) is 0 Å². The van der Waals surface area contributed by atoms with Crippen molar-refractivity contribution in [3.05, 3.63) is 57.6 Å². The number of aryl methyl sites for hydroxylation is 1. The van der Waals surface area contributed by atoms with Crippen molar-refractivity contribution in [3.63, 3.8) is 0 Å². The SMILES string of the molecule is CCOCn1cc(NC(=S)Nc2c(C)nn(Cc3ccc(Cl)cc3Cl)c2C)cn1. The van der Waals surface area contributed by atoms with Crippen molar-refractivity contribution in [1.29, 1.82) is 0 Å². The van der Waals surface area contributed by atoms with Crippen LogP contribution in [-0.2, 0) is 18.0 Å². The topological polar surface area (TPSA) is 68.9 Å². The maximum absolute atomic E-state index is 6.30. The van der Waals surface area contributed by atoms with Gasteiger partial charge in [0.2, 0.25) is 0 Å². The molecule has 0 unspecified atom stereocenters. The highest BCUT2D eigenvalue weighted by molar-refractivity contribution is 7.80. The second-order valence-corrected chi connectivity index (χ2v) is 7.66. The first-order valence-corrected chi connectivity index (χ1v) is 10.2. The smallest absolute Gasteiger partial charge is 0.175 e. The summed E-state index contributed by atoms with van der Waals surface area (Å²) in [5.74, 6) is 0. The summed E-state index contributed by atoms with van der Waals surface area (Å²) in [5.41, 5.74) is 4.36. The van der Waals surface area contributed by atoms with Gasteiger partial charge in [-0.1, -0.05) is 29.3 Å². The van der Waals surface area contributed by atoms with Crippen molar-refractivity contribution in [2.75, 3.05) is 17.2 Å². The first-order valence-electron chi connectivity index (χ1n) is 9.03. The first-order chi connectivity index (χ1) is 13.9. The molecule has 3 aromatic rings. The van der Waals surface area contributed by atoms with Crippen LogP contribution in [0.2, 0.25) is 10.0 Å². The highest BCUT2D eigenvalue weighted by Crippen LogP contribution is 2.25. The Balaban J connectivity index is 1.68. The maximum atomic E-state index is 6.30.